The van der Waals surface area contributed by atoms with Crippen LogP contribution >= 0.6 is 0 Å². The van der Waals surface area contributed by atoms with Gasteiger partial charge in [0.1, 0.15) is 12.1 Å². The predicted molar refractivity (Wildman–Crippen MR) is 62.0 cm³/mol. The van der Waals surface area contributed by atoms with Crippen LogP contribution in [0.1, 0.15) is 15.9 Å². The molecule has 0 aliphatic carbocycles. The third kappa shape index (κ3) is 1.87. The lowest BCUT2D eigenvalue weighted by atomic mass is 10.0. The lowest BCUT2D eigenvalue weighted by molar-refractivity contribution is 0.112. The summed E-state index contributed by atoms with van der Waals surface area (Å²) in [6.45, 7) is 1.72. The molecule has 0 aliphatic heterocycles. The Labute approximate surface area is 93.5 Å². The predicted octanol–water partition coefficient (Wildman–Crippen LogP) is 3.61. The van der Waals surface area contributed by atoms with Gasteiger partial charge in [-0.3, -0.25) is 4.79 Å². The molecule has 0 unspecified atom stereocenters. The van der Waals surface area contributed by atoms with Gasteiger partial charge in [0.2, 0.25) is 0 Å². The topological polar surface area (TPSA) is 17.1 Å². The molecule has 0 atom stereocenters. The smallest absolute Gasteiger partial charge is 0.150 e. The Bertz CT molecular complexity index is 532. The molecule has 2 rings (SSSR count). The zero-order valence-corrected chi connectivity index (χ0v) is 8.91. The molecular formula is C14H11FO. The maximum absolute atomic E-state index is 13.8. The van der Waals surface area contributed by atoms with E-state index in [1.54, 1.807) is 49.4 Å². The van der Waals surface area contributed by atoms with Gasteiger partial charge in [0.25, 0.3) is 0 Å². The molecule has 16 heavy (non-hydrogen) atoms. The van der Waals surface area contributed by atoms with Crippen LogP contribution in [0.2, 0.25) is 0 Å². The van der Waals surface area contributed by atoms with E-state index in [9.17, 15) is 9.18 Å². The molecule has 0 spiro atoms. The van der Waals surface area contributed by atoms with Crippen molar-refractivity contribution in [1.82, 2.24) is 0 Å². The van der Waals surface area contributed by atoms with Crippen LogP contribution in [-0.2, 0) is 0 Å². The van der Waals surface area contributed by atoms with Gasteiger partial charge in [-0.05, 0) is 24.1 Å². The van der Waals surface area contributed by atoms with Gasteiger partial charge in [-0.25, -0.2) is 4.39 Å². The number of hydrogen-bond donors (Lipinski definition) is 0. The zero-order valence-electron chi connectivity index (χ0n) is 8.91. The fraction of sp³-hybridized carbons (Fsp3) is 0.0714. The second-order valence-electron chi connectivity index (χ2n) is 3.68. The van der Waals surface area contributed by atoms with Crippen molar-refractivity contribution in [2.75, 3.05) is 0 Å². The lowest BCUT2D eigenvalue weighted by Crippen LogP contribution is -1.89. The minimum atomic E-state index is -0.231. The van der Waals surface area contributed by atoms with Crippen molar-refractivity contribution in [2.24, 2.45) is 0 Å². The highest BCUT2D eigenvalue weighted by molar-refractivity contribution is 5.79. The first-order valence-electron chi connectivity index (χ1n) is 5.03. The second-order valence-corrected chi connectivity index (χ2v) is 3.68. The molecule has 0 N–H and O–H groups in total. The highest BCUT2D eigenvalue weighted by Crippen LogP contribution is 2.24. The summed E-state index contributed by atoms with van der Waals surface area (Å²) in [6, 6.07) is 12.2. The van der Waals surface area contributed by atoms with Crippen molar-refractivity contribution in [3.05, 3.63) is 59.4 Å². The quantitative estimate of drug-likeness (QED) is 0.698. The maximum atomic E-state index is 13.8. The first-order valence-corrected chi connectivity index (χ1v) is 5.03. The van der Waals surface area contributed by atoms with Gasteiger partial charge in [-0.2, -0.15) is 0 Å². The van der Waals surface area contributed by atoms with Crippen LogP contribution in [0.4, 0.5) is 4.39 Å². The molecule has 2 aromatic carbocycles. The molecule has 2 aromatic rings. The van der Waals surface area contributed by atoms with Gasteiger partial charge in [-0.1, -0.05) is 36.4 Å². The number of aryl methyl sites for hydroxylation is 1. The standard InChI is InChI=1S/C14H11FO/c1-10-4-2-7-13(14(10)15)12-6-3-5-11(8-12)9-16/h2-9H,1H3. The fourth-order valence-electron chi connectivity index (χ4n) is 1.65. The lowest BCUT2D eigenvalue weighted by Gasteiger charge is -2.05. The Morgan fingerprint density at radius 3 is 2.62 bits per heavy atom. The fourth-order valence-corrected chi connectivity index (χ4v) is 1.65. The number of hydrogen-bond acceptors (Lipinski definition) is 1. The molecule has 80 valence electrons. The van der Waals surface area contributed by atoms with E-state index in [4.69, 9.17) is 0 Å². The molecule has 0 aromatic heterocycles. The summed E-state index contributed by atoms with van der Waals surface area (Å²) in [6.07, 6.45) is 0.761. The van der Waals surface area contributed by atoms with Gasteiger partial charge >= 0.3 is 0 Å². The Kier molecular flexibility index (Phi) is 2.82. The van der Waals surface area contributed by atoms with Crippen LogP contribution in [0.5, 0.6) is 0 Å². The van der Waals surface area contributed by atoms with E-state index in [-0.39, 0.29) is 5.82 Å². The van der Waals surface area contributed by atoms with Crippen LogP contribution in [0.15, 0.2) is 42.5 Å². The van der Waals surface area contributed by atoms with E-state index in [0.29, 0.717) is 16.7 Å². The van der Waals surface area contributed by atoms with E-state index < -0.39 is 0 Å². The average Bonchev–Trinajstić information content (AvgIpc) is 2.33. The molecule has 2 heteroatoms. The molecule has 1 nitrogen and oxygen atoms in total. The number of carbonyl (C=O) groups is 1. The number of carbonyl (C=O) groups excluding carboxylic acids is 1. The van der Waals surface area contributed by atoms with Crippen molar-refractivity contribution in [1.29, 1.82) is 0 Å². The van der Waals surface area contributed by atoms with Crippen molar-refractivity contribution in [2.45, 2.75) is 6.92 Å². The van der Waals surface area contributed by atoms with Gasteiger partial charge < -0.3 is 0 Å². The Balaban J connectivity index is 2.58. The highest BCUT2D eigenvalue weighted by Gasteiger charge is 2.07. The third-order valence-corrected chi connectivity index (χ3v) is 2.53. The highest BCUT2D eigenvalue weighted by atomic mass is 19.1. The number of benzene rings is 2. The first kappa shape index (κ1) is 10.6. The maximum Gasteiger partial charge on any atom is 0.150 e. The average molecular weight is 214 g/mol. The Hall–Kier alpha value is -1.96. The van der Waals surface area contributed by atoms with E-state index in [1.807, 2.05) is 0 Å². The van der Waals surface area contributed by atoms with Crippen LogP contribution in [-0.4, -0.2) is 6.29 Å². The van der Waals surface area contributed by atoms with Gasteiger partial charge in [0.15, 0.2) is 0 Å². The van der Waals surface area contributed by atoms with Crippen LogP contribution in [0.3, 0.4) is 0 Å². The summed E-state index contributed by atoms with van der Waals surface area (Å²) in [5.74, 6) is -0.231. The van der Waals surface area contributed by atoms with Crippen molar-refractivity contribution >= 4 is 6.29 Å². The normalized spacial score (nSPS) is 10.1. The van der Waals surface area contributed by atoms with Gasteiger partial charge in [0, 0.05) is 11.1 Å². The van der Waals surface area contributed by atoms with Crippen LogP contribution in [0.25, 0.3) is 11.1 Å². The summed E-state index contributed by atoms with van der Waals surface area (Å²) in [4.78, 5) is 10.6. The summed E-state index contributed by atoms with van der Waals surface area (Å²) < 4.78 is 13.8. The monoisotopic (exact) mass is 214 g/mol. The summed E-state index contributed by atoms with van der Waals surface area (Å²) >= 11 is 0. The first-order chi connectivity index (χ1) is 7.72. The Morgan fingerprint density at radius 1 is 1.12 bits per heavy atom. The van der Waals surface area contributed by atoms with Gasteiger partial charge in [0.05, 0.1) is 0 Å². The van der Waals surface area contributed by atoms with Crippen molar-refractivity contribution in [3.8, 4) is 11.1 Å². The number of aldehydes is 1. The van der Waals surface area contributed by atoms with Gasteiger partial charge in [-0.15, -0.1) is 0 Å². The molecule has 0 heterocycles. The second kappa shape index (κ2) is 4.27. The van der Waals surface area contributed by atoms with Crippen LogP contribution in [0, 0.1) is 12.7 Å². The molecule has 0 aliphatic rings. The van der Waals surface area contributed by atoms with E-state index in [0.717, 1.165) is 11.8 Å². The third-order valence-electron chi connectivity index (χ3n) is 2.53. The molecule has 0 amide bonds. The minimum absolute atomic E-state index is 0.231. The summed E-state index contributed by atoms with van der Waals surface area (Å²) in [7, 11) is 0. The van der Waals surface area contributed by atoms with Crippen LogP contribution < -0.4 is 0 Å². The van der Waals surface area contributed by atoms with Crippen molar-refractivity contribution < 1.29 is 9.18 Å². The molecule has 0 fully saturated rings. The number of halogens is 1. The van der Waals surface area contributed by atoms with E-state index >= 15 is 0 Å². The number of rotatable bonds is 2. The van der Waals surface area contributed by atoms with E-state index in [2.05, 4.69) is 0 Å². The SMILES string of the molecule is Cc1cccc(-c2cccc(C=O)c2)c1F. The minimum Gasteiger partial charge on any atom is -0.298 e. The summed E-state index contributed by atoms with van der Waals surface area (Å²) in [5.41, 5.74) is 2.42. The molecule has 0 saturated heterocycles. The van der Waals surface area contributed by atoms with Crippen molar-refractivity contribution in [3.63, 3.8) is 0 Å². The summed E-state index contributed by atoms with van der Waals surface area (Å²) in [5, 5.41) is 0. The molecule has 0 saturated carbocycles. The Morgan fingerprint density at radius 2 is 1.88 bits per heavy atom. The molecule has 0 radical (unpaired) electrons. The molecular weight excluding hydrogens is 203 g/mol. The largest absolute Gasteiger partial charge is 0.298 e. The molecule has 0 bridgehead atoms. The zero-order chi connectivity index (χ0) is 11.5. The van der Waals surface area contributed by atoms with E-state index in [1.165, 1.54) is 0 Å².